The molecule has 1 aliphatic rings. The number of aromatic nitrogens is 4. The first-order valence-corrected chi connectivity index (χ1v) is 7.99. The summed E-state index contributed by atoms with van der Waals surface area (Å²) >= 11 is 6.21. The van der Waals surface area contributed by atoms with Crippen molar-refractivity contribution in [1.82, 2.24) is 24.5 Å². The third-order valence-corrected chi connectivity index (χ3v) is 4.78. The van der Waals surface area contributed by atoms with Crippen molar-refractivity contribution >= 4 is 11.6 Å². The van der Waals surface area contributed by atoms with Gasteiger partial charge in [0.25, 0.3) is 0 Å². The van der Waals surface area contributed by atoms with Gasteiger partial charge in [-0.05, 0) is 25.8 Å². The zero-order chi connectivity index (χ0) is 15.7. The molecule has 1 fully saturated rings. The molecule has 2 aromatic heterocycles. The molecule has 0 unspecified atom stereocenters. The number of aliphatic hydroxyl groups excluding tert-OH is 1. The van der Waals surface area contributed by atoms with E-state index in [0.29, 0.717) is 11.1 Å². The highest BCUT2D eigenvalue weighted by atomic mass is 35.5. The SMILES string of the molecule is Cn1cc([C@H](O)C[C@H]2CCCN2Cc2c(Cl)cnn2C)cn1. The van der Waals surface area contributed by atoms with Crippen molar-refractivity contribution in [3.05, 3.63) is 34.9 Å². The summed E-state index contributed by atoms with van der Waals surface area (Å²) in [5, 5.41) is 19.5. The van der Waals surface area contributed by atoms with Gasteiger partial charge in [-0.3, -0.25) is 14.3 Å². The van der Waals surface area contributed by atoms with Crippen molar-refractivity contribution in [3.63, 3.8) is 0 Å². The number of aryl methyl sites for hydroxylation is 2. The van der Waals surface area contributed by atoms with Crippen LogP contribution in [-0.4, -0.2) is 42.2 Å². The molecule has 2 aromatic rings. The largest absolute Gasteiger partial charge is 0.388 e. The number of hydrogen-bond acceptors (Lipinski definition) is 4. The first-order valence-electron chi connectivity index (χ1n) is 7.61. The van der Waals surface area contributed by atoms with Gasteiger partial charge in [-0.1, -0.05) is 11.6 Å². The molecule has 120 valence electrons. The van der Waals surface area contributed by atoms with Gasteiger partial charge in [-0.25, -0.2) is 0 Å². The number of hydrogen-bond donors (Lipinski definition) is 1. The minimum absolute atomic E-state index is 0.362. The van der Waals surface area contributed by atoms with Crippen molar-refractivity contribution in [2.75, 3.05) is 6.54 Å². The molecule has 0 aliphatic carbocycles. The number of halogens is 1. The van der Waals surface area contributed by atoms with Crippen molar-refractivity contribution < 1.29 is 5.11 Å². The predicted molar refractivity (Wildman–Crippen MR) is 84.4 cm³/mol. The van der Waals surface area contributed by atoms with Crippen LogP contribution in [0.15, 0.2) is 18.6 Å². The Labute approximate surface area is 135 Å². The zero-order valence-corrected chi connectivity index (χ0v) is 13.7. The highest BCUT2D eigenvalue weighted by molar-refractivity contribution is 6.31. The maximum atomic E-state index is 10.4. The lowest BCUT2D eigenvalue weighted by atomic mass is 10.0. The van der Waals surface area contributed by atoms with Crippen LogP contribution in [0.4, 0.5) is 0 Å². The fraction of sp³-hybridized carbons (Fsp3) is 0.600. The summed E-state index contributed by atoms with van der Waals surface area (Å²) < 4.78 is 3.55. The van der Waals surface area contributed by atoms with Crippen LogP contribution in [0.2, 0.25) is 5.02 Å². The molecule has 3 heterocycles. The Morgan fingerprint density at radius 2 is 2.18 bits per heavy atom. The van der Waals surface area contributed by atoms with E-state index in [2.05, 4.69) is 15.1 Å². The lowest BCUT2D eigenvalue weighted by Crippen LogP contribution is -2.31. The fourth-order valence-electron chi connectivity index (χ4n) is 3.18. The standard InChI is InChI=1S/C15H22ClN5O/c1-19-9-11(7-17-19)15(22)6-12-4-3-5-21(12)10-14-13(16)8-18-20(14)2/h7-9,12,15,22H,3-6,10H2,1-2H3/t12-,15-/m1/s1. The summed E-state index contributed by atoms with van der Waals surface area (Å²) in [7, 11) is 3.78. The average Bonchev–Trinajstić information content (AvgIpc) is 3.17. The van der Waals surface area contributed by atoms with Crippen molar-refractivity contribution in [2.45, 2.75) is 38.0 Å². The summed E-state index contributed by atoms with van der Waals surface area (Å²) in [5.41, 5.74) is 1.91. The zero-order valence-electron chi connectivity index (χ0n) is 13.0. The van der Waals surface area contributed by atoms with Crippen LogP contribution < -0.4 is 0 Å². The van der Waals surface area contributed by atoms with E-state index in [0.717, 1.165) is 43.6 Å². The van der Waals surface area contributed by atoms with E-state index in [-0.39, 0.29) is 0 Å². The summed E-state index contributed by atoms with van der Waals surface area (Å²) in [5.74, 6) is 0. The summed E-state index contributed by atoms with van der Waals surface area (Å²) in [4.78, 5) is 2.39. The molecule has 0 amide bonds. The molecule has 7 heteroatoms. The molecule has 3 rings (SSSR count). The van der Waals surface area contributed by atoms with Crippen LogP contribution in [0.25, 0.3) is 0 Å². The van der Waals surface area contributed by atoms with Crippen LogP contribution >= 0.6 is 11.6 Å². The molecule has 0 bridgehead atoms. The third-order valence-electron chi connectivity index (χ3n) is 4.47. The van der Waals surface area contributed by atoms with Crippen LogP contribution in [0.1, 0.15) is 36.6 Å². The number of likely N-dealkylation sites (tertiary alicyclic amines) is 1. The molecule has 22 heavy (non-hydrogen) atoms. The topological polar surface area (TPSA) is 59.1 Å². The number of aliphatic hydroxyl groups is 1. The van der Waals surface area contributed by atoms with Gasteiger partial charge >= 0.3 is 0 Å². The van der Waals surface area contributed by atoms with E-state index in [1.165, 1.54) is 0 Å². The molecule has 0 saturated carbocycles. The summed E-state index contributed by atoms with van der Waals surface area (Å²) in [6, 6.07) is 0.362. The minimum atomic E-state index is -0.471. The van der Waals surface area contributed by atoms with Gasteiger partial charge in [0, 0.05) is 38.4 Å². The van der Waals surface area contributed by atoms with Gasteiger partial charge in [-0.15, -0.1) is 0 Å². The Hall–Kier alpha value is -1.37. The minimum Gasteiger partial charge on any atom is -0.388 e. The monoisotopic (exact) mass is 323 g/mol. The Kier molecular flexibility index (Phi) is 4.52. The van der Waals surface area contributed by atoms with Crippen molar-refractivity contribution in [3.8, 4) is 0 Å². The van der Waals surface area contributed by atoms with Crippen molar-refractivity contribution in [2.24, 2.45) is 14.1 Å². The number of rotatable bonds is 5. The number of nitrogens with zero attached hydrogens (tertiary/aromatic N) is 5. The second-order valence-electron chi connectivity index (χ2n) is 6.03. The molecule has 0 spiro atoms. The third kappa shape index (κ3) is 3.19. The Bertz CT molecular complexity index is 618. The van der Waals surface area contributed by atoms with Crippen LogP contribution in [0.5, 0.6) is 0 Å². The first-order chi connectivity index (χ1) is 10.5. The van der Waals surface area contributed by atoms with E-state index in [9.17, 15) is 5.11 Å². The highest BCUT2D eigenvalue weighted by Crippen LogP contribution is 2.29. The fourth-order valence-corrected chi connectivity index (χ4v) is 3.41. The molecule has 1 aliphatic heterocycles. The van der Waals surface area contributed by atoms with E-state index in [1.807, 2.05) is 25.0 Å². The molecule has 0 radical (unpaired) electrons. The molecule has 2 atom stereocenters. The van der Waals surface area contributed by atoms with E-state index in [4.69, 9.17) is 11.6 Å². The van der Waals surface area contributed by atoms with Gasteiger partial charge in [0.2, 0.25) is 0 Å². The molecular formula is C15H22ClN5O. The lowest BCUT2D eigenvalue weighted by molar-refractivity contribution is 0.117. The van der Waals surface area contributed by atoms with E-state index < -0.39 is 6.10 Å². The highest BCUT2D eigenvalue weighted by Gasteiger charge is 2.28. The maximum absolute atomic E-state index is 10.4. The van der Waals surface area contributed by atoms with Gasteiger partial charge in [0.05, 0.1) is 29.2 Å². The summed E-state index contributed by atoms with van der Waals surface area (Å²) in [6.45, 7) is 1.81. The van der Waals surface area contributed by atoms with E-state index >= 15 is 0 Å². The molecule has 6 nitrogen and oxygen atoms in total. The van der Waals surface area contributed by atoms with Gasteiger partial charge < -0.3 is 5.11 Å². The smallest absolute Gasteiger partial charge is 0.0835 e. The second-order valence-corrected chi connectivity index (χ2v) is 6.44. The molecule has 0 aromatic carbocycles. The molecular weight excluding hydrogens is 302 g/mol. The Morgan fingerprint density at radius 1 is 1.36 bits per heavy atom. The molecule has 1 saturated heterocycles. The normalized spacial score (nSPS) is 20.6. The Morgan fingerprint density at radius 3 is 2.82 bits per heavy atom. The average molecular weight is 324 g/mol. The lowest BCUT2D eigenvalue weighted by Gasteiger charge is -2.26. The first kappa shape index (κ1) is 15.5. The van der Waals surface area contributed by atoms with E-state index in [1.54, 1.807) is 17.1 Å². The second kappa shape index (κ2) is 6.40. The van der Waals surface area contributed by atoms with Gasteiger partial charge in [0.1, 0.15) is 0 Å². The van der Waals surface area contributed by atoms with Crippen LogP contribution in [0.3, 0.4) is 0 Å². The van der Waals surface area contributed by atoms with Crippen molar-refractivity contribution in [1.29, 1.82) is 0 Å². The summed E-state index contributed by atoms with van der Waals surface area (Å²) in [6.07, 6.45) is 7.81. The van der Waals surface area contributed by atoms with Gasteiger partial charge in [0.15, 0.2) is 0 Å². The predicted octanol–water partition coefficient (Wildman–Crippen LogP) is 1.90. The van der Waals surface area contributed by atoms with Crippen LogP contribution in [-0.2, 0) is 20.6 Å². The maximum Gasteiger partial charge on any atom is 0.0835 e. The van der Waals surface area contributed by atoms with Crippen LogP contribution in [0, 0.1) is 0 Å². The molecule has 1 N–H and O–H groups in total. The quantitative estimate of drug-likeness (QED) is 0.913. The Balaban J connectivity index is 1.66. The van der Waals surface area contributed by atoms with Gasteiger partial charge in [-0.2, -0.15) is 10.2 Å².